The summed E-state index contributed by atoms with van der Waals surface area (Å²) in [6, 6.07) is 0.121. The maximum Gasteiger partial charge on any atom is 0.110 e. The third-order valence-corrected chi connectivity index (χ3v) is 4.88. The zero-order chi connectivity index (χ0) is 10.1. The van der Waals surface area contributed by atoms with Crippen molar-refractivity contribution in [3.8, 4) is 0 Å². The van der Waals surface area contributed by atoms with Gasteiger partial charge in [0.2, 0.25) is 0 Å². The van der Waals surface area contributed by atoms with Crippen LogP contribution in [0, 0.1) is 5.92 Å². The molecule has 1 aliphatic heterocycles. The molecule has 0 aromatic carbocycles. The Morgan fingerprint density at radius 2 is 2.21 bits per heavy atom. The van der Waals surface area contributed by atoms with Crippen molar-refractivity contribution >= 4 is 23.1 Å². The van der Waals surface area contributed by atoms with Crippen molar-refractivity contribution in [1.82, 2.24) is 4.98 Å². The number of thiazole rings is 1. The smallest absolute Gasteiger partial charge is 0.110 e. The SMILES string of the molecule is CC(C)C(N)c1nc2c(s1)CSCC2. The van der Waals surface area contributed by atoms with Crippen LogP contribution in [0.2, 0.25) is 0 Å². The van der Waals surface area contributed by atoms with Crippen LogP contribution in [0.3, 0.4) is 0 Å². The van der Waals surface area contributed by atoms with Crippen LogP contribution in [0.1, 0.15) is 35.5 Å². The Balaban J connectivity index is 2.23. The van der Waals surface area contributed by atoms with Gasteiger partial charge in [0.25, 0.3) is 0 Å². The van der Waals surface area contributed by atoms with E-state index in [4.69, 9.17) is 5.73 Å². The molecule has 1 aromatic heterocycles. The highest BCUT2D eigenvalue weighted by molar-refractivity contribution is 7.98. The van der Waals surface area contributed by atoms with Gasteiger partial charge in [-0.25, -0.2) is 4.98 Å². The summed E-state index contributed by atoms with van der Waals surface area (Å²) in [4.78, 5) is 6.10. The zero-order valence-corrected chi connectivity index (χ0v) is 10.3. The lowest BCUT2D eigenvalue weighted by atomic mass is 10.1. The van der Waals surface area contributed by atoms with E-state index in [9.17, 15) is 0 Å². The molecule has 1 aromatic rings. The molecular formula is C10H16N2S2. The third-order valence-electron chi connectivity index (χ3n) is 2.51. The standard InChI is InChI=1S/C10H16N2S2/c1-6(2)9(11)10-12-7-3-4-13-5-8(7)14-10/h6,9H,3-5,11H2,1-2H3. The van der Waals surface area contributed by atoms with Crippen molar-refractivity contribution in [2.75, 3.05) is 5.75 Å². The lowest BCUT2D eigenvalue weighted by Crippen LogP contribution is -2.16. The predicted octanol–water partition coefficient (Wildman–Crippen LogP) is 2.59. The third kappa shape index (κ3) is 1.97. The number of fused-ring (bicyclic) bond motifs is 1. The summed E-state index contributed by atoms with van der Waals surface area (Å²) in [6.07, 6.45) is 1.13. The minimum atomic E-state index is 0.121. The Kier molecular flexibility index (Phi) is 3.14. The molecule has 2 N–H and O–H groups in total. The normalized spacial score (nSPS) is 18.3. The van der Waals surface area contributed by atoms with E-state index in [-0.39, 0.29) is 6.04 Å². The summed E-state index contributed by atoms with van der Waals surface area (Å²) in [5.41, 5.74) is 7.40. The van der Waals surface area contributed by atoms with Crippen molar-refractivity contribution < 1.29 is 0 Å². The highest BCUT2D eigenvalue weighted by atomic mass is 32.2. The zero-order valence-electron chi connectivity index (χ0n) is 8.62. The van der Waals surface area contributed by atoms with E-state index in [0.29, 0.717) is 5.92 Å². The average Bonchev–Trinajstić information content (AvgIpc) is 2.59. The largest absolute Gasteiger partial charge is 0.322 e. The lowest BCUT2D eigenvalue weighted by molar-refractivity contribution is 0.511. The van der Waals surface area contributed by atoms with Crippen LogP contribution in [0.15, 0.2) is 0 Å². The molecule has 0 radical (unpaired) electrons. The average molecular weight is 228 g/mol. The maximum absolute atomic E-state index is 6.09. The first-order chi connectivity index (χ1) is 6.68. The van der Waals surface area contributed by atoms with Crippen LogP contribution < -0.4 is 5.73 Å². The minimum Gasteiger partial charge on any atom is -0.322 e. The van der Waals surface area contributed by atoms with Gasteiger partial charge in [0, 0.05) is 10.6 Å². The summed E-state index contributed by atoms with van der Waals surface area (Å²) in [6.45, 7) is 4.31. The second kappa shape index (κ2) is 4.21. The van der Waals surface area contributed by atoms with Crippen LogP contribution >= 0.6 is 23.1 Å². The van der Waals surface area contributed by atoms with Gasteiger partial charge < -0.3 is 5.73 Å². The van der Waals surface area contributed by atoms with Crippen LogP contribution in [0.5, 0.6) is 0 Å². The van der Waals surface area contributed by atoms with E-state index in [1.807, 2.05) is 23.1 Å². The Morgan fingerprint density at radius 3 is 2.86 bits per heavy atom. The molecule has 2 rings (SSSR count). The molecule has 0 aliphatic carbocycles. The highest BCUT2D eigenvalue weighted by Crippen LogP contribution is 2.32. The highest BCUT2D eigenvalue weighted by Gasteiger charge is 2.20. The van der Waals surface area contributed by atoms with Gasteiger partial charge >= 0.3 is 0 Å². The topological polar surface area (TPSA) is 38.9 Å². The molecule has 0 spiro atoms. The number of hydrogen-bond acceptors (Lipinski definition) is 4. The van der Waals surface area contributed by atoms with Crippen LogP contribution in [0.4, 0.5) is 0 Å². The van der Waals surface area contributed by atoms with E-state index >= 15 is 0 Å². The second-order valence-corrected chi connectivity index (χ2v) is 6.21. The number of aromatic nitrogens is 1. The second-order valence-electron chi connectivity index (χ2n) is 3.99. The number of thioether (sulfide) groups is 1. The lowest BCUT2D eigenvalue weighted by Gasteiger charge is -2.11. The van der Waals surface area contributed by atoms with Crippen LogP contribution in [0.25, 0.3) is 0 Å². The van der Waals surface area contributed by atoms with E-state index in [0.717, 1.165) is 17.2 Å². The molecule has 14 heavy (non-hydrogen) atoms. The molecule has 2 heterocycles. The van der Waals surface area contributed by atoms with Gasteiger partial charge in [-0.1, -0.05) is 13.8 Å². The van der Waals surface area contributed by atoms with Crippen LogP contribution in [-0.4, -0.2) is 10.7 Å². The summed E-state index contributed by atoms with van der Waals surface area (Å²) in [7, 11) is 0. The maximum atomic E-state index is 6.09. The van der Waals surface area contributed by atoms with Gasteiger partial charge in [0.1, 0.15) is 5.01 Å². The van der Waals surface area contributed by atoms with E-state index in [1.54, 1.807) is 0 Å². The van der Waals surface area contributed by atoms with Gasteiger partial charge in [-0.3, -0.25) is 0 Å². The van der Waals surface area contributed by atoms with Crippen molar-refractivity contribution in [3.63, 3.8) is 0 Å². The minimum absolute atomic E-state index is 0.121. The summed E-state index contributed by atoms with van der Waals surface area (Å²) < 4.78 is 0. The fourth-order valence-electron chi connectivity index (χ4n) is 1.47. The molecule has 0 saturated carbocycles. The number of hydrogen-bond donors (Lipinski definition) is 1. The molecule has 1 atom stereocenters. The fourth-order valence-corrected chi connectivity index (χ4v) is 3.87. The monoisotopic (exact) mass is 228 g/mol. The first-order valence-electron chi connectivity index (χ1n) is 5.00. The number of nitrogens with two attached hydrogens (primary N) is 1. The molecule has 0 amide bonds. The van der Waals surface area contributed by atoms with Crippen molar-refractivity contribution in [2.24, 2.45) is 11.7 Å². The number of rotatable bonds is 2. The van der Waals surface area contributed by atoms with E-state index in [1.165, 1.54) is 16.3 Å². The predicted molar refractivity (Wildman–Crippen MR) is 63.7 cm³/mol. The molecule has 1 unspecified atom stereocenters. The van der Waals surface area contributed by atoms with Gasteiger partial charge in [0.15, 0.2) is 0 Å². The first-order valence-corrected chi connectivity index (χ1v) is 6.97. The molecule has 0 saturated heterocycles. The van der Waals surface area contributed by atoms with Crippen molar-refractivity contribution in [2.45, 2.75) is 32.1 Å². The summed E-state index contributed by atoms with van der Waals surface area (Å²) in [5.74, 6) is 2.83. The first kappa shape index (κ1) is 10.5. The van der Waals surface area contributed by atoms with Crippen LogP contribution in [-0.2, 0) is 12.2 Å². The van der Waals surface area contributed by atoms with Gasteiger partial charge in [-0.15, -0.1) is 11.3 Å². The molecule has 4 heteroatoms. The molecule has 0 bridgehead atoms. The van der Waals surface area contributed by atoms with Gasteiger partial charge in [0.05, 0.1) is 11.7 Å². The Bertz CT molecular complexity index is 296. The van der Waals surface area contributed by atoms with E-state index < -0.39 is 0 Å². The number of nitrogens with zero attached hydrogens (tertiary/aromatic N) is 1. The number of aryl methyl sites for hydroxylation is 1. The van der Waals surface area contributed by atoms with Crippen molar-refractivity contribution in [1.29, 1.82) is 0 Å². The van der Waals surface area contributed by atoms with Gasteiger partial charge in [-0.05, 0) is 18.1 Å². The Labute approximate surface area is 93.3 Å². The Morgan fingerprint density at radius 1 is 1.43 bits per heavy atom. The molecule has 0 fully saturated rings. The van der Waals surface area contributed by atoms with Crippen molar-refractivity contribution in [3.05, 3.63) is 15.6 Å². The molecule has 2 nitrogen and oxygen atoms in total. The van der Waals surface area contributed by atoms with Gasteiger partial charge in [-0.2, -0.15) is 11.8 Å². The molecule has 78 valence electrons. The molecular weight excluding hydrogens is 212 g/mol. The summed E-state index contributed by atoms with van der Waals surface area (Å²) >= 11 is 3.82. The fraction of sp³-hybridized carbons (Fsp3) is 0.700. The summed E-state index contributed by atoms with van der Waals surface area (Å²) in [5, 5.41) is 1.13. The molecule has 1 aliphatic rings. The quantitative estimate of drug-likeness (QED) is 0.845. The Hall–Kier alpha value is -0.0600. The van der Waals surface area contributed by atoms with E-state index in [2.05, 4.69) is 18.8 Å².